The van der Waals surface area contributed by atoms with Gasteiger partial charge in [-0.05, 0) is 44.4 Å². The van der Waals surface area contributed by atoms with Crippen LogP contribution in [0.5, 0.6) is 0 Å². The Balaban J connectivity index is 2.34. The van der Waals surface area contributed by atoms with Crippen molar-refractivity contribution >= 4 is 16.0 Å². The van der Waals surface area contributed by atoms with Gasteiger partial charge in [-0.3, -0.25) is 4.79 Å². The van der Waals surface area contributed by atoms with Crippen LogP contribution in [0.3, 0.4) is 0 Å². The Morgan fingerprint density at radius 1 is 1.27 bits per heavy atom. The summed E-state index contributed by atoms with van der Waals surface area (Å²) in [5.74, 6) is -0.502. The van der Waals surface area contributed by atoms with Crippen LogP contribution in [0.25, 0.3) is 0 Å². The van der Waals surface area contributed by atoms with E-state index in [9.17, 15) is 13.2 Å². The second-order valence-electron chi connectivity index (χ2n) is 6.33. The van der Waals surface area contributed by atoms with Gasteiger partial charge in [0.2, 0.25) is 10.0 Å². The first-order valence-electron chi connectivity index (χ1n) is 9.00. The highest BCUT2D eigenvalue weighted by atomic mass is 32.2. The Bertz CT molecular complexity index is 779. The third-order valence-electron chi connectivity index (χ3n) is 4.28. The number of nitrogens with zero attached hydrogens (tertiary/aromatic N) is 1. The van der Waals surface area contributed by atoms with E-state index in [-0.39, 0.29) is 18.0 Å². The molecule has 1 atom stereocenters. The van der Waals surface area contributed by atoms with Crippen LogP contribution in [0.1, 0.15) is 38.7 Å². The van der Waals surface area contributed by atoms with Crippen LogP contribution in [0, 0.1) is 6.92 Å². The van der Waals surface area contributed by atoms with Crippen molar-refractivity contribution in [2.45, 2.75) is 51.0 Å². The number of esters is 1. The molecule has 142 valence electrons. The van der Waals surface area contributed by atoms with Gasteiger partial charge in [-0.2, -0.15) is 4.31 Å². The SMILES string of the molecule is CCC/C=C\C1=CCN(S(=O)(=O)c2ccc(C)cc2)C(C(=O)OCC)C1. The molecule has 0 spiro atoms. The Morgan fingerprint density at radius 2 is 1.96 bits per heavy atom. The smallest absolute Gasteiger partial charge is 0.324 e. The minimum Gasteiger partial charge on any atom is -0.465 e. The topological polar surface area (TPSA) is 63.7 Å². The zero-order valence-corrected chi connectivity index (χ0v) is 16.5. The van der Waals surface area contributed by atoms with Gasteiger partial charge in [-0.25, -0.2) is 8.42 Å². The molecule has 1 aliphatic heterocycles. The number of rotatable bonds is 7. The molecule has 0 amide bonds. The molecule has 1 aromatic carbocycles. The number of hydrogen-bond acceptors (Lipinski definition) is 4. The van der Waals surface area contributed by atoms with Gasteiger partial charge in [0.05, 0.1) is 11.5 Å². The second kappa shape index (κ2) is 9.14. The Hall–Kier alpha value is -1.92. The molecule has 2 rings (SSSR count). The largest absolute Gasteiger partial charge is 0.465 e. The first-order valence-corrected chi connectivity index (χ1v) is 10.4. The molecule has 0 radical (unpaired) electrons. The molecule has 5 nitrogen and oxygen atoms in total. The van der Waals surface area contributed by atoms with E-state index in [1.165, 1.54) is 4.31 Å². The molecule has 1 unspecified atom stereocenters. The van der Waals surface area contributed by atoms with E-state index in [0.29, 0.717) is 6.42 Å². The van der Waals surface area contributed by atoms with Gasteiger partial charge in [-0.1, -0.05) is 49.3 Å². The Kier molecular flexibility index (Phi) is 7.17. The molecule has 6 heteroatoms. The van der Waals surface area contributed by atoms with Crippen LogP contribution in [-0.2, 0) is 19.6 Å². The van der Waals surface area contributed by atoms with E-state index in [0.717, 1.165) is 24.0 Å². The minimum atomic E-state index is -3.78. The first-order chi connectivity index (χ1) is 12.4. The molecule has 0 fully saturated rings. The average molecular weight is 378 g/mol. The van der Waals surface area contributed by atoms with Crippen molar-refractivity contribution in [1.29, 1.82) is 0 Å². The van der Waals surface area contributed by atoms with Crippen LogP contribution in [0.2, 0.25) is 0 Å². The average Bonchev–Trinajstić information content (AvgIpc) is 2.62. The normalized spacial score (nSPS) is 18.7. The minimum absolute atomic E-state index is 0.158. The van der Waals surface area contributed by atoms with Crippen LogP contribution in [0.15, 0.2) is 53.0 Å². The Labute approximate surface area is 156 Å². The van der Waals surface area contributed by atoms with E-state index in [1.807, 2.05) is 19.1 Å². The highest BCUT2D eigenvalue weighted by Gasteiger charge is 2.38. The fraction of sp³-hybridized carbons (Fsp3) is 0.450. The summed E-state index contributed by atoms with van der Waals surface area (Å²) in [6, 6.07) is 5.82. The maximum Gasteiger partial charge on any atom is 0.324 e. The van der Waals surface area contributed by atoms with Crippen LogP contribution < -0.4 is 0 Å². The molecule has 0 saturated heterocycles. The number of unbranched alkanes of at least 4 members (excludes halogenated alkanes) is 1. The van der Waals surface area contributed by atoms with Crippen molar-refractivity contribution in [3.63, 3.8) is 0 Å². The van der Waals surface area contributed by atoms with Crippen molar-refractivity contribution in [1.82, 2.24) is 4.31 Å². The molecule has 1 heterocycles. The van der Waals surface area contributed by atoms with Crippen molar-refractivity contribution in [3.8, 4) is 0 Å². The lowest BCUT2D eigenvalue weighted by Gasteiger charge is -2.32. The number of allylic oxidation sites excluding steroid dienone is 2. The number of aryl methyl sites for hydroxylation is 1. The van der Waals surface area contributed by atoms with E-state index in [1.54, 1.807) is 31.2 Å². The molecule has 0 N–H and O–H groups in total. The zero-order chi connectivity index (χ0) is 19.2. The number of hydrogen-bond donors (Lipinski definition) is 0. The van der Waals surface area contributed by atoms with Gasteiger partial charge in [0, 0.05) is 6.54 Å². The number of ether oxygens (including phenoxy) is 1. The summed E-state index contributed by atoms with van der Waals surface area (Å²) in [7, 11) is -3.78. The second-order valence-corrected chi connectivity index (χ2v) is 8.22. The van der Waals surface area contributed by atoms with Gasteiger partial charge in [0.1, 0.15) is 6.04 Å². The van der Waals surface area contributed by atoms with Crippen molar-refractivity contribution in [2.75, 3.05) is 13.2 Å². The van der Waals surface area contributed by atoms with E-state index >= 15 is 0 Å². The lowest BCUT2D eigenvalue weighted by Crippen LogP contribution is -2.48. The molecule has 1 aromatic rings. The first kappa shape index (κ1) is 20.4. The van der Waals surface area contributed by atoms with E-state index in [4.69, 9.17) is 4.74 Å². The van der Waals surface area contributed by atoms with Gasteiger partial charge >= 0.3 is 5.97 Å². The van der Waals surface area contributed by atoms with Crippen LogP contribution in [0.4, 0.5) is 0 Å². The van der Waals surface area contributed by atoms with Gasteiger partial charge in [0.25, 0.3) is 0 Å². The molecule has 0 bridgehead atoms. The number of carbonyl (C=O) groups excluding carboxylic acids is 1. The van der Waals surface area contributed by atoms with Gasteiger partial charge < -0.3 is 4.74 Å². The summed E-state index contributed by atoms with van der Waals surface area (Å²) >= 11 is 0. The molecular weight excluding hydrogens is 350 g/mol. The molecular formula is C20H27NO4S. The van der Waals surface area contributed by atoms with Crippen LogP contribution >= 0.6 is 0 Å². The number of sulfonamides is 1. The van der Waals surface area contributed by atoms with Crippen molar-refractivity contribution in [2.24, 2.45) is 0 Å². The quantitative estimate of drug-likeness (QED) is 0.681. The molecule has 26 heavy (non-hydrogen) atoms. The van der Waals surface area contributed by atoms with E-state index in [2.05, 4.69) is 13.0 Å². The summed E-state index contributed by atoms with van der Waals surface area (Å²) in [4.78, 5) is 12.6. The Morgan fingerprint density at radius 3 is 2.58 bits per heavy atom. The zero-order valence-electron chi connectivity index (χ0n) is 15.6. The summed E-state index contributed by atoms with van der Waals surface area (Å²) in [5, 5.41) is 0. The van der Waals surface area contributed by atoms with Gasteiger partial charge in [0.15, 0.2) is 0 Å². The third-order valence-corrected chi connectivity index (χ3v) is 6.17. The molecule has 0 aliphatic carbocycles. The maximum absolute atomic E-state index is 13.1. The predicted molar refractivity (Wildman–Crippen MR) is 102 cm³/mol. The van der Waals surface area contributed by atoms with Crippen molar-refractivity contribution in [3.05, 3.63) is 53.6 Å². The fourth-order valence-electron chi connectivity index (χ4n) is 2.83. The van der Waals surface area contributed by atoms with Gasteiger partial charge in [-0.15, -0.1) is 0 Å². The summed E-state index contributed by atoms with van der Waals surface area (Å²) < 4.78 is 32.5. The number of benzene rings is 1. The molecule has 0 saturated carbocycles. The van der Waals surface area contributed by atoms with Crippen LogP contribution in [-0.4, -0.2) is 37.9 Å². The monoisotopic (exact) mass is 377 g/mol. The highest BCUT2D eigenvalue weighted by molar-refractivity contribution is 7.89. The number of carbonyl (C=O) groups is 1. The fourth-order valence-corrected chi connectivity index (χ4v) is 4.35. The van der Waals surface area contributed by atoms with E-state index < -0.39 is 22.0 Å². The highest BCUT2D eigenvalue weighted by Crippen LogP contribution is 2.27. The predicted octanol–water partition coefficient (Wildman–Crippen LogP) is 3.60. The lowest BCUT2D eigenvalue weighted by atomic mass is 10.0. The summed E-state index contributed by atoms with van der Waals surface area (Å²) in [6.45, 7) is 6.09. The lowest BCUT2D eigenvalue weighted by molar-refractivity contribution is -0.147. The molecule has 0 aromatic heterocycles. The third kappa shape index (κ3) is 4.83. The molecule has 1 aliphatic rings. The summed E-state index contributed by atoms with van der Waals surface area (Å²) in [5.41, 5.74) is 1.94. The standard InChI is InChI=1S/C20H27NO4S/c1-4-6-7-8-17-13-14-21(19(15-17)20(22)25-5-2)26(23,24)18-11-9-16(3)10-12-18/h7-13,19H,4-6,14-15H2,1-3H3/b8-7-. The van der Waals surface area contributed by atoms with Crippen molar-refractivity contribution < 1.29 is 17.9 Å². The maximum atomic E-state index is 13.1. The summed E-state index contributed by atoms with van der Waals surface area (Å²) in [6.07, 6.45) is 8.22.